The van der Waals surface area contributed by atoms with E-state index in [-0.39, 0.29) is 12.4 Å². The van der Waals surface area contributed by atoms with Crippen LogP contribution in [0.1, 0.15) is 19.3 Å². The molecular weight excluding hydrogens is 132 g/mol. The van der Waals surface area contributed by atoms with Gasteiger partial charge in [-0.2, -0.15) is 0 Å². The van der Waals surface area contributed by atoms with Crippen LogP contribution in [0, 0.1) is 5.41 Å². The molecule has 1 atom stereocenters. The second-order valence-electron chi connectivity index (χ2n) is 2.57. The number of amidine groups is 1. The van der Waals surface area contributed by atoms with Gasteiger partial charge in [0.1, 0.15) is 5.84 Å². The highest BCUT2D eigenvalue weighted by Crippen LogP contribution is 2.09. The zero-order valence-corrected chi connectivity index (χ0v) is 5.75. The van der Waals surface area contributed by atoms with Gasteiger partial charge in [-0.1, -0.05) is 0 Å². The second kappa shape index (κ2) is 2.98. The Bertz CT molecular complexity index is 138. The average molecular weight is 144 g/mol. The van der Waals surface area contributed by atoms with Crippen molar-refractivity contribution in [3.8, 4) is 0 Å². The second-order valence-corrected chi connectivity index (χ2v) is 2.57. The summed E-state index contributed by atoms with van der Waals surface area (Å²) in [5.41, 5.74) is 0. The van der Waals surface area contributed by atoms with E-state index in [2.05, 4.69) is 0 Å². The molecular formula is C6H12N2O2. The third kappa shape index (κ3) is 1.68. The molecule has 4 heteroatoms. The minimum atomic E-state index is -0.479. The predicted molar refractivity (Wildman–Crippen MR) is 36.1 cm³/mol. The Balaban J connectivity index is 2.49. The van der Waals surface area contributed by atoms with Crippen molar-refractivity contribution in [3.05, 3.63) is 0 Å². The molecule has 0 radical (unpaired) electrons. The summed E-state index contributed by atoms with van der Waals surface area (Å²) in [5, 5.41) is 26.1. The summed E-state index contributed by atoms with van der Waals surface area (Å²) in [5.74, 6) is 0.205. The monoisotopic (exact) mass is 144 g/mol. The number of β-amino-alcohol motifs (C(OH)–C–C–N with tert-alkyl or cyclic N) is 1. The van der Waals surface area contributed by atoms with Crippen molar-refractivity contribution >= 4 is 5.84 Å². The van der Waals surface area contributed by atoms with Crippen LogP contribution in [0.15, 0.2) is 0 Å². The lowest BCUT2D eigenvalue weighted by atomic mass is 10.2. The Hall–Kier alpha value is -0.610. The molecule has 1 saturated heterocycles. The van der Waals surface area contributed by atoms with E-state index in [1.165, 1.54) is 0 Å². The number of nitrogens with one attached hydrogen (secondary N) is 1. The van der Waals surface area contributed by atoms with E-state index in [1.54, 1.807) is 0 Å². The number of rotatable bonds is 0. The molecule has 0 amide bonds. The summed E-state index contributed by atoms with van der Waals surface area (Å²) in [6, 6.07) is 0. The van der Waals surface area contributed by atoms with E-state index in [0.29, 0.717) is 12.8 Å². The number of hydroxylamine groups is 2. The van der Waals surface area contributed by atoms with Gasteiger partial charge in [0, 0.05) is 6.42 Å². The maximum absolute atomic E-state index is 9.08. The van der Waals surface area contributed by atoms with Gasteiger partial charge in [0.15, 0.2) is 0 Å². The van der Waals surface area contributed by atoms with Crippen LogP contribution in [0.5, 0.6) is 0 Å². The summed E-state index contributed by atoms with van der Waals surface area (Å²) >= 11 is 0. The van der Waals surface area contributed by atoms with E-state index in [9.17, 15) is 0 Å². The summed E-state index contributed by atoms with van der Waals surface area (Å²) < 4.78 is 0. The molecule has 1 unspecified atom stereocenters. The first-order chi connectivity index (χ1) is 4.70. The maximum atomic E-state index is 9.08. The first-order valence-corrected chi connectivity index (χ1v) is 3.42. The number of nitrogens with zero attached hydrogens (tertiary/aromatic N) is 1. The Morgan fingerprint density at radius 2 is 2.30 bits per heavy atom. The van der Waals surface area contributed by atoms with E-state index in [4.69, 9.17) is 15.7 Å². The minimum absolute atomic E-state index is 0.179. The van der Waals surface area contributed by atoms with E-state index in [0.717, 1.165) is 11.5 Å². The molecule has 0 saturated carbocycles. The van der Waals surface area contributed by atoms with Gasteiger partial charge < -0.3 is 5.11 Å². The zero-order valence-electron chi connectivity index (χ0n) is 5.75. The number of aliphatic hydroxyl groups excluding tert-OH is 1. The average Bonchev–Trinajstić information content (AvgIpc) is 1.96. The maximum Gasteiger partial charge on any atom is 0.120 e. The van der Waals surface area contributed by atoms with Crippen molar-refractivity contribution in [2.75, 3.05) is 6.54 Å². The molecule has 1 heterocycles. The summed E-state index contributed by atoms with van der Waals surface area (Å²) in [4.78, 5) is 0. The highest BCUT2D eigenvalue weighted by Gasteiger charge is 2.16. The zero-order chi connectivity index (χ0) is 7.56. The van der Waals surface area contributed by atoms with Crippen LogP contribution in [-0.2, 0) is 0 Å². The Kier molecular flexibility index (Phi) is 2.24. The van der Waals surface area contributed by atoms with Gasteiger partial charge in [0.05, 0.1) is 12.6 Å². The van der Waals surface area contributed by atoms with Crippen LogP contribution in [0.4, 0.5) is 0 Å². The summed E-state index contributed by atoms with van der Waals surface area (Å²) in [7, 11) is 0. The fraction of sp³-hybridized carbons (Fsp3) is 0.833. The number of hydrogen-bond acceptors (Lipinski definition) is 3. The molecule has 0 aromatic carbocycles. The quantitative estimate of drug-likeness (QED) is 0.455. The van der Waals surface area contributed by atoms with Crippen molar-refractivity contribution in [2.24, 2.45) is 0 Å². The molecule has 0 aromatic rings. The van der Waals surface area contributed by atoms with Crippen LogP contribution in [0.3, 0.4) is 0 Å². The van der Waals surface area contributed by atoms with Crippen LogP contribution in [-0.4, -0.2) is 33.9 Å². The van der Waals surface area contributed by atoms with Crippen molar-refractivity contribution in [2.45, 2.75) is 25.4 Å². The van der Waals surface area contributed by atoms with Gasteiger partial charge in [-0.15, -0.1) is 0 Å². The molecule has 0 aliphatic carbocycles. The molecule has 3 N–H and O–H groups in total. The molecule has 4 nitrogen and oxygen atoms in total. The molecule has 0 bridgehead atoms. The number of hydrogen-bond donors (Lipinski definition) is 3. The lowest BCUT2D eigenvalue weighted by molar-refractivity contribution is -0.0447. The fourth-order valence-corrected chi connectivity index (χ4v) is 1.04. The minimum Gasteiger partial charge on any atom is -0.391 e. The summed E-state index contributed by atoms with van der Waals surface area (Å²) in [6.45, 7) is 0.179. The Labute approximate surface area is 59.5 Å². The van der Waals surface area contributed by atoms with Crippen molar-refractivity contribution in [3.63, 3.8) is 0 Å². The molecule has 0 aromatic heterocycles. The largest absolute Gasteiger partial charge is 0.391 e. The van der Waals surface area contributed by atoms with Gasteiger partial charge in [-0.25, -0.2) is 5.06 Å². The van der Waals surface area contributed by atoms with Gasteiger partial charge in [-0.05, 0) is 12.8 Å². The highest BCUT2D eigenvalue weighted by atomic mass is 16.5. The Morgan fingerprint density at radius 1 is 1.60 bits per heavy atom. The first kappa shape index (κ1) is 7.50. The molecule has 1 aliphatic rings. The molecule has 58 valence electrons. The molecule has 10 heavy (non-hydrogen) atoms. The highest BCUT2D eigenvalue weighted by molar-refractivity contribution is 5.78. The summed E-state index contributed by atoms with van der Waals surface area (Å²) in [6.07, 6.45) is 1.55. The van der Waals surface area contributed by atoms with Gasteiger partial charge >= 0.3 is 0 Å². The first-order valence-electron chi connectivity index (χ1n) is 3.42. The van der Waals surface area contributed by atoms with Gasteiger partial charge in [-0.3, -0.25) is 10.6 Å². The van der Waals surface area contributed by atoms with Gasteiger partial charge in [0.25, 0.3) is 0 Å². The molecule has 1 aliphatic heterocycles. The van der Waals surface area contributed by atoms with Crippen molar-refractivity contribution < 1.29 is 10.3 Å². The van der Waals surface area contributed by atoms with Gasteiger partial charge in [0.2, 0.25) is 0 Å². The van der Waals surface area contributed by atoms with Crippen LogP contribution in [0.25, 0.3) is 0 Å². The smallest absolute Gasteiger partial charge is 0.120 e. The molecule has 1 fully saturated rings. The topological polar surface area (TPSA) is 67.5 Å². The third-order valence-electron chi connectivity index (χ3n) is 1.65. The normalized spacial score (nSPS) is 28.4. The van der Waals surface area contributed by atoms with E-state index >= 15 is 0 Å². The third-order valence-corrected chi connectivity index (χ3v) is 1.65. The lowest BCUT2D eigenvalue weighted by Gasteiger charge is -2.15. The molecule has 0 spiro atoms. The standard InChI is InChI=1S/C6H12N2O2/c7-6-3-1-2-5(9)4-8(6)10/h5,7,9-10H,1-4H2. The lowest BCUT2D eigenvalue weighted by Crippen LogP contribution is -2.31. The predicted octanol–water partition coefficient (Wildman–Crippen LogP) is 0.200. The van der Waals surface area contributed by atoms with Crippen LogP contribution >= 0.6 is 0 Å². The van der Waals surface area contributed by atoms with E-state index in [1.807, 2.05) is 0 Å². The fourth-order valence-electron chi connectivity index (χ4n) is 1.04. The van der Waals surface area contributed by atoms with E-state index < -0.39 is 6.10 Å². The number of aliphatic hydroxyl groups is 1. The van der Waals surface area contributed by atoms with Crippen molar-refractivity contribution in [1.82, 2.24) is 5.06 Å². The SMILES string of the molecule is N=C1CCCC(O)CN1O. The molecule has 1 rings (SSSR count). The van der Waals surface area contributed by atoms with Crippen LogP contribution in [0.2, 0.25) is 0 Å². The Morgan fingerprint density at radius 3 is 3.00 bits per heavy atom. The van der Waals surface area contributed by atoms with Crippen molar-refractivity contribution in [1.29, 1.82) is 5.41 Å². The van der Waals surface area contributed by atoms with Crippen LogP contribution < -0.4 is 0 Å².